The van der Waals surface area contributed by atoms with Crippen LogP contribution in [0.25, 0.3) is 110 Å². The van der Waals surface area contributed by atoms with Crippen molar-refractivity contribution in [2.45, 2.75) is 49.4 Å². The standard InChI is InChI=1S/C81H54N2S/c1-2-18-55(19-3-1)83-76-33-17-16-32-75(76)82-79(83)50-36-34-49(35-37-50)64-45-54(53-39-42-63-61-25-9-15-31-72(61)81(74(63)48-53)69-28-12-6-22-58(69)59-23-7-13-29-70(59)81)46-66-65-44-51(40-43-77(65)84-78(64)66)52-38-41-62-60-24-8-14-30-71(60)80(73(62)47-52)67-26-10-4-20-56(67)57-21-5-11-27-68(57)80/h1-6,8,10,12-22,24,26,28-48H,7,9,11,23,25,27H2. The number of fused-ring (bicyclic) bond motifs is 21. The maximum absolute atomic E-state index is 5.28. The highest BCUT2D eigenvalue weighted by molar-refractivity contribution is 7.26. The predicted octanol–water partition coefficient (Wildman–Crippen LogP) is 21.0. The molecule has 0 saturated carbocycles. The number of nitrogens with zero attached hydrogens (tertiary/aromatic N) is 2. The molecular weight excluding hydrogens is 1030 g/mol. The zero-order valence-electron chi connectivity index (χ0n) is 46.3. The highest BCUT2D eigenvalue weighted by atomic mass is 32.1. The quantitative estimate of drug-likeness (QED) is 0.168. The second-order valence-electron chi connectivity index (χ2n) is 24.0. The maximum atomic E-state index is 5.28. The third-order valence-electron chi connectivity index (χ3n) is 20.1. The van der Waals surface area contributed by atoms with Crippen LogP contribution >= 0.6 is 11.3 Å². The Labute approximate surface area is 492 Å². The topological polar surface area (TPSA) is 17.8 Å². The first kappa shape index (κ1) is 46.9. The summed E-state index contributed by atoms with van der Waals surface area (Å²) in [7, 11) is 0. The average molecular weight is 1090 g/mol. The van der Waals surface area contributed by atoms with Crippen molar-refractivity contribution in [2.24, 2.45) is 0 Å². The molecule has 12 aromatic rings. The highest BCUT2D eigenvalue weighted by Gasteiger charge is 2.54. The van der Waals surface area contributed by atoms with Crippen LogP contribution in [0.2, 0.25) is 0 Å². The number of aromatic nitrogens is 2. The van der Waals surface area contributed by atoms with Gasteiger partial charge in [-0.1, -0.05) is 194 Å². The van der Waals surface area contributed by atoms with Gasteiger partial charge in [-0.15, -0.1) is 11.3 Å². The molecule has 0 aliphatic heterocycles. The molecule has 2 aromatic heterocycles. The van der Waals surface area contributed by atoms with Crippen LogP contribution in [0.3, 0.4) is 0 Å². The first-order valence-electron chi connectivity index (χ1n) is 30.1. The summed E-state index contributed by atoms with van der Waals surface area (Å²) in [5.41, 5.74) is 34.0. The van der Waals surface area contributed by atoms with Crippen molar-refractivity contribution in [1.29, 1.82) is 0 Å². The molecule has 0 radical (unpaired) electrons. The highest BCUT2D eigenvalue weighted by Crippen LogP contribution is 2.66. The smallest absolute Gasteiger partial charge is 0.145 e. The summed E-state index contributed by atoms with van der Waals surface area (Å²) in [5, 5.41) is 2.59. The number of hydrogen-bond acceptors (Lipinski definition) is 2. The van der Waals surface area contributed by atoms with Crippen LogP contribution in [-0.2, 0) is 10.8 Å². The SMILES string of the molecule is C1=CC2=C(CC1)c1ccccc1C21C2=C(CCC=C2)c2ccc(-c3cc(-c4ccc(-c5nc6ccccc6n5-c5ccccc5)cc4)c4sc5ccc(-c6ccc7c(c6)C6(C8=C(C=CCC8)c8ccccc86)c6ccccc6-7)cc5c4c3)cc21. The molecular formula is C81H54N2S. The fourth-order valence-corrected chi connectivity index (χ4v) is 17.9. The minimum absolute atomic E-state index is 0.323. The lowest BCUT2D eigenvalue weighted by molar-refractivity contribution is 0.714. The van der Waals surface area contributed by atoms with Crippen LogP contribution in [-0.4, -0.2) is 9.55 Å². The number of thiophene rings is 1. The lowest BCUT2D eigenvalue weighted by Crippen LogP contribution is -2.28. The molecule has 0 bridgehead atoms. The Morgan fingerprint density at radius 3 is 1.71 bits per heavy atom. The molecule has 0 saturated heterocycles. The first-order chi connectivity index (χ1) is 41.6. The van der Waals surface area contributed by atoms with E-state index in [-0.39, 0.29) is 10.8 Å². The van der Waals surface area contributed by atoms with Gasteiger partial charge in [-0.2, -0.15) is 0 Å². The fraction of sp³-hybridized carbons (Fsp3) is 0.0988. The van der Waals surface area contributed by atoms with Gasteiger partial charge in [0.2, 0.25) is 0 Å². The minimum Gasteiger partial charge on any atom is -0.292 e. The largest absolute Gasteiger partial charge is 0.292 e. The normalized spacial score (nSPS) is 19.2. The Kier molecular flexibility index (Phi) is 9.73. The maximum Gasteiger partial charge on any atom is 0.145 e. The first-order valence-corrected chi connectivity index (χ1v) is 30.9. The molecule has 19 rings (SSSR count). The van der Waals surface area contributed by atoms with Crippen LogP contribution in [0.15, 0.2) is 272 Å². The lowest BCUT2D eigenvalue weighted by Gasteiger charge is -2.34. The molecule has 2 atom stereocenters. The second kappa shape index (κ2) is 17.4. The Hall–Kier alpha value is -9.67. The van der Waals surface area contributed by atoms with Crippen molar-refractivity contribution in [3.05, 3.63) is 316 Å². The number of hydrogen-bond donors (Lipinski definition) is 0. The molecule has 0 fully saturated rings. The van der Waals surface area contributed by atoms with Crippen LogP contribution in [0.4, 0.5) is 0 Å². The Bertz CT molecular complexity index is 5110. The number of rotatable bonds is 5. The predicted molar refractivity (Wildman–Crippen MR) is 351 cm³/mol. The van der Waals surface area contributed by atoms with Gasteiger partial charge >= 0.3 is 0 Å². The number of allylic oxidation sites excluding steroid dienone is 12. The fourth-order valence-electron chi connectivity index (χ4n) is 16.7. The molecule has 0 N–H and O–H groups in total. The molecule has 3 heteroatoms. The van der Waals surface area contributed by atoms with Gasteiger partial charge < -0.3 is 0 Å². The summed E-state index contributed by atoms with van der Waals surface area (Å²) in [6.07, 6.45) is 21.0. The summed E-state index contributed by atoms with van der Waals surface area (Å²) in [4.78, 5) is 5.28. The summed E-state index contributed by atoms with van der Waals surface area (Å²) in [5.74, 6) is 0.936. The van der Waals surface area contributed by atoms with Gasteiger partial charge in [0.1, 0.15) is 5.82 Å². The molecule has 2 unspecified atom stereocenters. The van der Waals surface area contributed by atoms with Gasteiger partial charge in [0.25, 0.3) is 0 Å². The van der Waals surface area contributed by atoms with Crippen molar-refractivity contribution < 1.29 is 0 Å². The summed E-state index contributed by atoms with van der Waals surface area (Å²) in [6, 6.07) is 83.4. The Balaban J connectivity index is 0.812. The molecule has 7 aliphatic carbocycles. The van der Waals surface area contributed by atoms with Crippen LogP contribution in [0.1, 0.15) is 83.0 Å². The second-order valence-corrected chi connectivity index (χ2v) is 25.1. The molecule has 0 amide bonds. The van der Waals surface area contributed by atoms with E-state index in [1.54, 1.807) is 5.57 Å². The molecule has 2 nitrogen and oxygen atoms in total. The molecule has 2 spiro atoms. The van der Waals surface area contributed by atoms with E-state index in [1.165, 1.54) is 137 Å². The third-order valence-corrected chi connectivity index (χ3v) is 21.3. The van der Waals surface area contributed by atoms with E-state index in [2.05, 4.69) is 259 Å². The molecule has 394 valence electrons. The van der Waals surface area contributed by atoms with Crippen molar-refractivity contribution >= 4 is 59.3 Å². The Morgan fingerprint density at radius 1 is 0.381 bits per heavy atom. The van der Waals surface area contributed by atoms with Gasteiger partial charge in [0.05, 0.1) is 21.9 Å². The van der Waals surface area contributed by atoms with Crippen molar-refractivity contribution in [3.63, 3.8) is 0 Å². The average Bonchev–Trinajstić information content (AvgIpc) is 1.72. The van der Waals surface area contributed by atoms with Gasteiger partial charge in [0, 0.05) is 37.0 Å². The van der Waals surface area contributed by atoms with Crippen LogP contribution in [0, 0.1) is 0 Å². The van der Waals surface area contributed by atoms with E-state index in [9.17, 15) is 0 Å². The van der Waals surface area contributed by atoms with E-state index in [1.807, 2.05) is 11.3 Å². The van der Waals surface area contributed by atoms with Gasteiger partial charge in [-0.05, 0) is 216 Å². The zero-order chi connectivity index (χ0) is 54.8. The number of imidazole rings is 1. The van der Waals surface area contributed by atoms with Crippen molar-refractivity contribution in [3.8, 4) is 61.6 Å². The van der Waals surface area contributed by atoms with E-state index in [4.69, 9.17) is 4.98 Å². The van der Waals surface area contributed by atoms with Crippen LogP contribution in [0.5, 0.6) is 0 Å². The van der Waals surface area contributed by atoms with E-state index >= 15 is 0 Å². The van der Waals surface area contributed by atoms with Gasteiger partial charge in [-0.3, -0.25) is 4.57 Å². The number of benzene rings is 10. The van der Waals surface area contributed by atoms with Crippen LogP contribution < -0.4 is 0 Å². The van der Waals surface area contributed by atoms with Gasteiger partial charge in [0.15, 0.2) is 0 Å². The number of para-hydroxylation sites is 3. The van der Waals surface area contributed by atoms with Crippen molar-refractivity contribution in [1.82, 2.24) is 9.55 Å². The minimum atomic E-state index is -0.342. The summed E-state index contributed by atoms with van der Waals surface area (Å²) < 4.78 is 4.90. The van der Waals surface area contributed by atoms with Gasteiger partial charge in [-0.25, -0.2) is 4.98 Å². The van der Waals surface area contributed by atoms with E-state index < -0.39 is 0 Å². The Morgan fingerprint density at radius 2 is 0.929 bits per heavy atom. The molecule has 7 aliphatic rings. The molecule has 10 aromatic carbocycles. The van der Waals surface area contributed by atoms with Crippen molar-refractivity contribution in [2.75, 3.05) is 0 Å². The molecule has 84 heavy (non-hydrogen) atoms. The third kappa shape index (κ3) is 6.16. The summed E-state index contributed by atoms with van der Waals surface area (Å²) >= 11 is 1.92. The lowest BCUT2D eigenvalue weighted by atomic mass is 9.67. The van der Waals surface area contributed by atoms with E-state index in [0.717, 1.165) is 66.6 Å². The molecule has 2 heterocycles. The summed E-state index contributed by atoms with van der Waals surface area (Å²) in [6.45, 7) is 0. The zero-order valence-corrected chi connectivity index (χ0v) is 47.1. The monoisotopic (exact) mass is 1090 g/mol. The van der Waals surface area contributed by atoms with E-state index in [0.29, 0.717) is 0 Å².